The fourth-order valence-corrected chi connectivity index (χ4v) is 2.27. The summed E-state index contributed by atoms with van der Waals surface area (Å²) in [4.78, 5) is 16.2. The second kappa shape index (κ2) is 8.49. The number of hydrogen-bond donors (Lipinski definition) is 3. The monoisotopic (exact) mass is 331 g/mol. The first-order valence-electron chi connectivity index (χ1n) is 8.28. The van der Waals surface area contributed by atoms with Crippen LogP contribution in [0.25, 0.3) is 11.5 Å². The van der Waals surface area contributed by atoms with E-state index in [1.807, 2.05) is 19.1 Å². The molecule has 130 valence electrons. The summed E-state index contributed by atoms with van der Waals surface area (Å²) in [6.45, 7) is 6.13. The number of anilines is 1. The van der Waals surface area contributed by atoms with Gasteiger partial charge in [0.1, 0.15) is 5.76 Å². The maximum Gasteiger partial charge on any atom is 0.319 e. The van der Waals surface area contributed by atoms with E-state index in [0.717, 1.165) is 17.7 Å². The normalized spacial score (nSPS) is 12.2. The number of aliphatic hydroxyl groups is 1. The summed E-state index contributed by atoms with van der Waals surface area (Å²) in [5, 5.41) is 14.6. The Morgan fingerprint density at radius 2 is 2.00 bits per heavy atom. The van der Waals surface area contributed by atoms with Crippen molar-refractivity contribution < 1.29 is 14.3 Å². The molecule has 0 fully saturated rings. The van der Waals surface area contributed by atoms with Crippen molar-refractivity contribution >= 4 is 11.7 Å². The Morgan fingerprint density at radius 1 is 1.29 bits per heavy atom. The van der Waals surface area contributed by atoms with Gasteiger partial charge in [0.05, 0.1) is 6.20 Å². The van der Waals surface area contributed by atoms with Crippen LogP contribution in [0.5, 0.6) is 0 Å². The van der Waals surface area contributed by atoms with Crippen molar-refractivity contribution in [3.05, 3.63) is 36.2 Å². The molecule has 0 aliphatic rings. The molecule has 1 aromatic heterocycles. The maximum atomic E-state index is 12.0. The van der Waals surface area contributed by atoms with Gasteiger partial charge in [-0.15, -0.1) is 0 Å². The van der Waals surface area contributed by atoms with Gasteiger partial charge in [-0.1, -0.05) is 20.8 Å². The van der Waals surface area contributed by atoms with Crippen LogP contribution in [0, 0.1) is 0 Å². The Morgan fingerprint density at radius 3 is 2.54 bits per heavy atom. The van der Waals surface area contributed by atoms with Gasteiger partial charge < -0.3 is 20.2 Å². The van der Waals surface area contributed by atoms with E-state index in [9.17, 15) is 4.79 Å². The molecule has 6 nitrogen and oxygen atoms in total. The zero-order chi connectivity index (χ0) is 17.5. The molecule has 1 atom stereocenters. The number of carbonyl (C=O) groups excluding carboxylic acids is 1. The molecule has 6 heteroatoms. The Balaban J connectivity index is 1.97. The molecule has 0 saturated heterocycles. The number of carbonyl (C=O) groups is 1. The molecule has 1 unspecified atom stereocenters. The minimum atomic E-state index is -0.277. The van der Waals surface area contributed by atoms with E-state index >= 15 is 0 Å². The van der Waals surface area contributed by atoms with Crippen molar-refractivity contribution in [1.82, 2.24) is 10.3 Å². The van der Waals surface area contributed by atoms with Crippen molar-refractivity contribution in [2.75, 3.05) is 11.9 Å². The molecule has 0 aliphatic carbocycles. The minimum absolute atomic E-state index is 0.0314. The largest absolute Gasteiger partial charge is 0.441 e. The molecule has 0 spiro atoms. The average Bonchev–Trinajstić information content (AvgIpc) is 3.05. The van der Waals surface area contributed by atoms with Crippen LogP contribution in [0.2, 0.25) is 0 Å². The number of nitrogens with zero attached hydrogens (tertiary/aromatic N) is 1. The van der Waals surface area contributed by atoms with Crippen LogP contribution in [0.4, 0.5) is 10.5 Å². The highest BCUT2D eigenvalue weighted by Gasteiger charge is 2.11. The van der Waals surface area contributed by atoms with Gasteiger partial charge in [0.25, 0.3) is 0 Å². The molecule has 1 heterocycles. The SMILES string of the molecule is CCC(CCO)NC(=O)Nc1ccc(-c2ncc(C(C)C)o2)cc1. The molecular formula is C18H25N3O3. The quantitative estimate of drug-likeness (QED) is 0.721. The topological polar surface area (TPSA) is 87.4 Å². The smallest absolute Gasteiger partial charge is 0.319 e. The summed E-state index contributed by atoms with van der Waals surface area (Å²) in [5.41, 5.74) is 1.55. The number of aromatic nitrogens is 1. The van der Waals surface area contributed by atoms with Crippen LogP contribution in [0.3, 0.4) is 0 Å². The highest BCUT2D eigenvalue weighted by Crippen LogP contribution is 2.24. The van der Waals surface area contributed by atoms with Crippen molar-refractivity contribution in [1.29, 1.82) is 0 Å². The molecule has 0 aliphatic heterocycles. The van der Waals surface area contributed by atoms with E-state index in [0.29, 0.717) is 23.9 Å². The number of benzene rings is 1. The number of oxazole rings is 1. The summed E-state index contributed by atoms with van der Waals surface area (Å²) in [6, 6.07) is 7.02. The molecule has 3 N–H and O–H groups in total. The number of aliphatic hydroxyl groups excluding tert-OH is 1. The van der Waals surface area contributed by atoms with E-state index < -0.39 is 0 Å². The van der Waals surface area contributed by atoms with Gasteiger partial charge in [0, 0.05) is 29.8 Å². The predicted octanol–water partition coefficient (Wildman–Crippen LogP) is 3.75. The standard InChI is InChI=1S/C18H25N3O3/c1-4-14(9-10-22)20-18(23)21-15-7-5-13(6-8-15)17-19-11-16(24-17)12(2)3/h5-8,11-12,14,22H,4,9-10H2,1-3H3,(H2,20,21,23). The lowest BCUT2D eigenvalue weighted by Gasteiger charge is -2.16. The molecule has 0 radical (unpaired) electrons. The van der Waals surface area contributed by atoms with Gasteiger partial charge in [-0.2, -0.15) is 0 Å². The molecule has 2 aromatic rings. The predicted molar refractivity (Wildman–Crippen MR) is 94.0 cm³/mol. The van der Waals surface area contributed by atoms with E-state index in [2.05, 4.69) is 29.5 Å². The van der Waals surface area contributed by atoms with Crippen LogP contribution >= 0.6 is 0 Å². The summed E-state index contributed by atoms with van der Waals surface area (Å²) >= 11 is 0. The molecule has 0 saturated carbocycles. The first-order valence-corrected chi connectivity index (χ1v) is 8.28. The van der Waals surface area contributed by atoms with Gasteiger partial charge in [0.15, 0.2) is 0 Å². The van der Waals surface area contributed by atoms with Crippen LogP contribution in [0.1, 0.15) is 45.3 Å². The molecule has 24 heavy (non-hydrogen) atoms. The van der Waals surface area contributed by atoms with Gasteiger partial charge >= 0.3 is 6.03 Å². The number of amides is 2. The van der Waals surface area contributed by atoms with Gasteiger partial charge in [0.2, 0.25) is 5.89 Å². The minimum Gasteiger partial charge on any atom is -0.441 e. The summed E-state index contributed by atoms with van der Waals surface area (Å²) in [6.07, 6.45) is 3.06. The van der Waals surface area contributed by atoms with Crippen molar-refractivity contribution in [2.45, 2.75) is 45.6 Å². The van der Waals surface area contributed by atoms with Crippen molar-refractivity contribution in [2.24, 2.45) is 0 Å². The maximum absolute atomic E-state index is 12.0. The third kappa shape index (κ3) is 4.83. The summed E-state index contributed by atoms with van der Waals surface area (Å²) < 4.78 is 5.71. The summed E-state index contributed by atoms with van der Waals surface area (Å²) in [7, 11) is 0. The molecule has 1 aromatic carbocycles. The highest BCUT2D eigenvalue weighted by atomic mass is 16.4. The average molecular weight is 331 g/mol. The van der Waals surface area contributed by atoms with Gasteiger partial charge in [-0.05, 0) is 37.1 Å². The molecule has 2 amide bonds. The zero-order valence-electron chi connectivity index (χ0n) is 14.4. The van der Waals surface area contributed by atoms with E-state index in [1.54, 1.807) is 18.3 Å². The lowest BCUT2D eigenvalue weighted by molar-refractivity contribution is 0.237. The Kier molecular flexibility index (Phi) is 6.37. The lowest BCUT2D eigenvalue weighted by atomic mass is 10.1. The number of urea groups is 1. The second-order valence-electron chi connectivity index (χ2n) is 6.02. The first kappa shape index (κ1) is 18.0. The zero-order valence-corrected chi connectivity index (χ0v) is 14.4. The lowest BCUT2D eigenvalue weighted by Crippen LogP contribution is -2.38. The molecule has 2 rings (SSSR count). The highest BCUT2D eigenvalue weighted by molar-refractivity contribution is 5.89. The molecular weight excluding hydrogens is 306 g/mol. The number of hydrogen-bond acceptors (Lipinski definition) is 4. The third-order valence-corrected chi connectivity index (χ3v) is 3.79. The van der Waals surface area contributed by atoms with Crippen molar-refractivity contribution in [3.63, 3.8) is 0 Å². The number of nitrogens with one attached hydrogen (secondary N) is 2. The number of rotatable bonds is 7. The van der Waals surface area contributed by atoms with Gasteiger partial charge in [-0.25, -0.2) is 9.78 Å². The van der Waals surface area contributed by atoms with Crippen LogP contribution in [-0.4, -0.2) is 28.8 Å². The van der Waals surface area contributed by atoms with Crippen molar-refractivity contribution in [3.8, 4) is 11.5 Å². The Hall–Kier alpha value is -2.34. The Labute approximate surface area is 142 Å². The van der Waals surface area contributed by atoms with Crippen LogP contribution < -0.4 is 10.6 Å². The fourth-order valence-electron chi connectivity index (χ4n) is 2.27. The summed E-state index contributed by atoms with van der Waals surface area (Å²) in [5.74, 6) is 1.71. The van der Waals surface area contributed by atoms with E-state index in [4.69, 9.17) is 9.52 Å². The van der Waals surface area contributed by atoms with Crippen LogP contribution in [-0.2, 0) is 0 Å². The Bertz CT molecular complexity index is 650. The second-order valence-corrected chi connectivity index (χ2v) is 6.02. The van der Waals surface area contributed by atoms with E-state index in [1.165, 1.54) is 0 Å². The third-order valence-electron chi connectivity index (χ3n) is 3.79. The van der Waals surface area contributed by atoms with E-state index in [-0.39, 0.29) is 18.7 Å². The van der Waals surface area contributed by atoms with Gasteiger partial charge in [-0.3, -0.25) is 0 Å². The van der Waals surface area contributed by atoms with Crippen LogP contribution in [0.15, 0.2) is 34.9 Å². The first-order chi connectivity index (χ1) is 11.5. The molecule has 0 bridgehead atoms. The fraction of sp³-hybridized carbons (Fsp3) is 0.444.